The first-order chi connectivity index (χ1) is 8.83. The van der Waals surface area contributed by atoms with Crippen molar-refractivity contribution in [2.75, 3.05) is 0 Å². The van der Waals surface area contributed by atoms with Crippen LogP contribution in [0.1, 0.15) is 11.1 Å². The number of nitrogens with zero attached hydrogens (tertiary/aromatic N) is 1. The molecule has 2 heteroatoms. The molecule has 2 aromatic rings. The summed E-state index contributed by atoms with van der Waals surface area (Å²) in [7, 11) is 0. The Balaban J connectivity index is 2.62. The van der Waals surface area contributed by atoms with E-state index in [0.717, 1.165) is 11.1 Å². The van der Waals surface area contributed by atoms with Crippen LogP contribution >= 0.6 is 0 Å². The molecule has 0 amide bonds. The fourth-order valence-electron chi connectivity index (χ4n) is 2.01. The third-order valence-corrected chi connectivity index (χ3v) is 2.90. The molecule has 0 aliphatic carbocycles. The van der Waals surface area contributed by atoms with Crippen molar-refractivity contribution in [2.45, 2.75) is 5.60 Å². The number of nitriles is 1. The lowest BCUT2D eigenvalue weighted by molar-refractivity contribution is 0.123. The molecule has 18 heavy (non-hydrogen) atoms. The van der Waals surface area contributed by atoms with Crippen LogP contribution in [-0.4, -0.2) is 0 Å². The topological polar surface area (TPSA) is 33.0 Å². The number of hydrogen-bond donors (Lipinski definition) is 0. The second-order valence-corrected chi connectivity index (χ2v) is 3.87. The van der Waals surface area contributed by atoms with E-state index in [2.05, 4.69) is 6.58 Å². The maximum atomic E-state index is 8.94. The first kappa shape index (κ1) is 11.9. The van der Waals surface area contributed by atoms with Gasteiger partial charge in [-0.1, -0.05) is 67.2 Å². The fourth-order valence-corrected chi connectivity index (χ4v) is 2.01. The Morgan fingerprint density at radius 2 is 1.39 bits per heavy atom. The van der Waals surface area contributed by atoms with E-state index in [0.29, 0.717) is 0 Å². The van der Waals surface area contributed by atoms with E-state index in [4.69, 9.17) is 10.00 Å². The molecule has 0 aliphatic heterocycles. The van der Waals surface area contributed by atoms with Crippen LogP contribution in [-0.2, 0) is 10.3 Å². The molecule has 88 valence electrons. The van der Waals surface area contributed by atoms with E-state index < -0.39 is 5.60 Å². The van der Waals surface area contributed by atoms with Crippen molar-refractivity contribution in [3.05, 3.63) is 84.4 Å². The lowest BCUT2D eigenvalue weighted by atomic mass is 9.86. The second kappa shape index (κ2) is 5.20. The van der Waals surface area contributed by atoms with E-state index in [-0.39, 0.29) is 0 Å². The summed E-state index contributed by atoms with van der Waals surface area (Å²) in [6.45, 7) is 3.83. The van der Waals surface area contributed by atoms with Crippen LogP contribution in [0.3, 0.4) is 0 Å². The number of benzene rings is 2. The van der Waals surface area contributed by atoms with Gasteiger partial charge in [0.1, 0.15) is 0 Å². The monoisotopic (exact) mass is 235 g/mol. The molecule has 0 aliphatic rings. The van der Waals surface area contributed by atoms with Gasteiger partial charge in [0, 0.05) is 11.1 Å². The van der Waals surface area contributed by atoms with Crippen molar-refractivity contribution < 1.29 is 4.74 Å². The van der Waals surface area contributed by atoms with Crippen molar-refractivity contribution in [1.29, 1.82) is 5.26 Å². The lowest BCUT2D eigenvalue weighted by Crippen LogP contribution is -2.26. The van der Waals surface area contributed by atoms with Crippen LogP contribution in [0.2, 0.25) is 0 Å². The zero-order chi connectivity index (χ0) is 12.8. The quantitative estimate of drug-likeness (QED) is 0.599. The average Bonchev–Trinajstić information content (AvgIpc) is 2.47. The summed E-state index contributed by atoms with van der Waals surface area (Å²) in [6.07, 6.45) is 3.44. The van der Waals surface area contributed by atoms with E-state index >= 15 is 0 Å². The summed E-state index contributed by atoms with van der Waals surface area (Å²) in [5, 5.41) is 8.94. The van der Waals surface area contributed by atoms with Gasteiger partial charge in [0.05, 0.1) is 0 Å². The van der Waals surface area contributed by atoms with Crippen LogP contribution in [0.15, 0.2) is 73.3 Å². The Labute approximate surface area is 107 Å². The van der Waals surface area contributed by atoms with Crippen LogP contribution in [0.25, 0.3) is 0 Å². The van der Waals surface area contributed by atoms with Crippen LogP contribution in [0.4, 0.5) is 0 Å². The largest absolute Gasteiger partial charge is 0.407 e. The van der Waals surface area contributed by atoms with Gasteiger partial charge in [-0.3, -0.25) is 0 Å². The molecule has 0 heterocycles. The first-order valence-electron chi connectivity index (χ1n) is 5.65. The minimum Gasteiger partial charge on any atom is -0.407 e. The number of rotatable bonds is 4. The summed E-state index contributed by atoms with van der Waals surface area (Å²) in [4.78, 5) is 0. The van der Waals surface area contributed by atoms with Gasteiger partial charge in [-0.25, -0.2) is 0 Å². The number of hydrogen-bond acceptors (Lipinski definition) is 2. The highest BCUT2D eigenvalue weighted by atomic mass is 16.5. The molecule has 0 saturated heterocycles. The van der Waals surface area contributed by atoms with Gasteiger partial charge in [0.2, 0.25) is 0 Å². The van der Waals surface area contributed by atoms with Crippen molar-refractivity contribution >= 4 is 0 Å². The second-order valence-electron chi connectivity index (χ2n) is 3.87. The Morgan fingerprint density at radius 3 is 1.72 bits per heavy atom. The van der Waals surface area contributed by atoms with Gasteiger partial charge in [-0.05, 0) is 6.08 Å². The molecule has 0 N–H and O–H groups in total. The summed E-state index contributed by atoms with van der Waals surface area (Å²) in [6, 6.07) is 19.2. The van der Waals surface area contributed by atoms with E-state index in [1.165, 1.54) is 0 Å². The van der Waals surface area contributed by atoms with Gasteiger partial charge in [-0.15, -0.1) is 0 Å². The van der Waals surface area contributed by atoms with Crippen LogP contribution < -0.4 is 0 Å². The van der Waals surface area contributed by atoms with Crippen LogP contribution in [0.5, 0.6) is 0 Å². The SMILES string of the molecule is C=CC(OC#N)(c1ccccc1)c1ccccc1. The third-order valence-electron chi connectivity index (χ3n) is 2.90. The fraction of sp³-hybridized carbons (Fsp3) is 0.0625. The van der Waals surface area contributed by atoms with Gasteiger partial charge in [0.25, 0.3) is 6.26 Å². The van der Waals surface area contributed by atoms with Crippen molar-refractivity contribution in [3.8, 4) is 6.26 Å². The normalized spacial score (nSPS) is 10.4. The molecular weight excluding hydrogens is 222 g/mol. The van der Waals surface area contributed by atoms with Crippen LogP contribution in [0, 0.1) is 11.5 Å². The molecule has 2 rings (SSSR count). The standard InChI is InChI=1S/C16H13NO/c1-2-16(18-13-17,14-9-5-3-6-10-14)15-11-7-4-8-12-15/h2-12H,1H2. The highest BCUT2D eigenvalue weighted by Crippen LogP contribution is 2.34. The molecule has 0 saturated carbocycles. The van der Waals surface area contributed by atoms with E-state index in [1.54, 1.807) is 12.3 Å². The maximum Gasteiger partial charge on any atom is 0.287 e. The molecule has 0 atom stereocenters. The summed E-state index contributed by atoms with van der Waals surface area (Å²) in [5.74, 6) is 0. The zero-order valence-electron chi connectivity index (χ0n) is 9.91. The van der Waals surface area contributed by atoms with Crippen molar-refractivity contribution in [2.24, 2.45) is 0 Å². The zero-order valence-corrected chi connectivity index (χ0v) is 9.91. The van der Waals surface area contributed by atoms with Gasteiger partial charge in [-0.2, -0.15) is 5.26 Å². The molecule has 0 unspecified atom stereocenters. The summed E-state index contributed by atoms with van der Waals surface area (Å²) in [5.41, 5.74) is 0.845. The highest BCUT2D eigenvalue weighted by molar-refractivity contribution is 5.41. The Morgan fingerprint density at radius 1 is 0.944 bits per heavy atom. The predicted molar refractivity (Wildman–Crippen MR) is 70.6 cm³/mol. The molecule has 0 aromatic heterocycles. The van der Waals surface area contributed by atoms with E-state index in [1.807, 2.05) is 60.7 Å². The molecule has 0 spiro atoms. The first-order valence-corrected chi connectivity index (χ1v) is 5.65. The van der Waals surface area contributed by atoms with Gasteiger partial charge >= 0.3 is 0 Å². The molecule has 0 radical (unpaired) electrons. The highest BCUT2D eigenvalue weighted by Gasteiger charge is 2.33. The predicted octanol–water partition coefficient (Wildman–Crippen LogP) is 3.61. The molecule has 0 fully saturated rings. The minimum absolute atomic E-state index is 0.882. The molecular formula is C16H13NO. The molecule has 0 bridgehead atoms. The Kier molecular flexibility index (Phi) is 3.45. The maximum absolute atomic E-state index is 8.94. The summed E-state index contributed by atoms with van der Waals surface area (Å²) < 4.78 is 5.34. The average molecular weight is 235 g/mol. The lowest BCUT2D eigenvalue weighted by Gasteiger charge is -2.28. The van der Waals surface area contributed by atoms with E-state index in [9.17, 15) is 0 Å². The van der Waals surface area contributed by atoms with Gasteiger partial charge in [0.15, 0.2) is 5.60 Å². The smallest absolute Gasteiger partial charge is 0.287 e. The van der Waals surface area contributed by atoms with Gasteiger partial charge < -0.3 is 4.74 Å². The van der Waals surface area contributed by atoms with Crippen molar-refractivity contribution in [3.63, 3.8) is 0 Å². The Bertz CT molecular complexity index is 515. The third kappa shape index (κ3) is 1.99. The molecule has 2 aromatic carbocycles. The number of ether oxygens (including phenoxy) is 1. The molecule has 2 nitrogen and oxygen atoms in total. The summed E-state index contributed by atoms with van der Waals surface area (Å²) >= 11 is 0. The Hall–Kier alpha value is -2.53. The minimum atomic E-state index is -0.919. The van der Waals surface area contributed by atoms with Crippen molar-refractivity contribution in [1.82, 2.24) is 0 Å².